The Hall–Kier alpha value is -2.65. The lowest BCUT2D eigenvalue weighted by Gasteiger charge is -2.25. The van der Waals surface area contributed by atoms with Crippen molar-refractivity contribution < 1.29 is 19.1 Å². The molecule has 1 fully saturated rings. The third kappa shape index (κ3) is 4.12. The lowest BCUT2D eigenvalue weighted by molar-refractivity contribution is 0.0848. The highest BCUT2D eigenvalue weighted by Crippen LogP contribution is 2.26. The quantitative estimate of drug-likeness (QED) is 0.783. The molecule has 26 heavy (non-hydrogen) atoms. The van der Waals surface area contributed by atoms with Gasteiger partial charge in [-0.1, -0.05) is 11.3 Å². The predicted octanol–water partition coefficient (Wildman–Crippen LogP) is 1.37. The SMILES string of the molecule is COc1ccc(C(=O)NNC(=O)c2sc(N3CCOCC3)nc2C)cc1. The zero-order chi connectivity index (χ0) is 18.5. The molecule has 1 aliphatic heterocycles. The largest absolute Gasteiger partial charge is 0.497 e. The maximum absolute atomic E-state index is 12.4. The Morgan fingerprint density at radius 2 is 1.81 bits per heavy atom. The van der Waals surface area contributed by atoms with Gasteiger partial charge in [-0.15, -0.1) is 0 Å². The monoisotopic (exact) mass is 376 g/mol. The van der Waals surface area contributed by atoms with Gasteiger partial charge in [0.05, 0.1) is 26.0 Å². The van der Waals surface area contributed by atoms with E-state index in [1.807, 2.05) is 0 Å². The van der Waals surface area contributed by atoms with Crippen LogP contribution in [0.2, 0.25) is 0 Å². The van der Waals surface area contributed by atoms with Crippen molar-refractivity contribution >= 4 is 28.3 Å². The van der Waals surface area contributed by atoms with E-state index >= 15 is 0 Å². The van der Waals surface area contributed by atoms with Crippen molar-refractivity contribution in [1.82, 2.24) is 15.8 Å². The fourth-order valence-electron chi connectivity index (χ4n) is 2.47. The van der Waals surface area contributed by atoms with Gasteiger partial charge < -0.3 is 14.4 Å². The molecule has 1 aliphatic rings. The van der Waals surface area contributed by atoms with Crippen molar-refractivity contribution in [3.8, 4) is 5.75 Å². The number of rotatable bonds is 4. The molecular formula is C17H20N4O4S. The summed E-state index contributed by atoms with van der Waals surface area (Å²) in [5, 5.41) is 0.789. The molecule has 138 valence electrons. The normalized spacial score (nSPS) is 14.0. The molecule has 2 amide bonds. The second-order valence-corrected chi connectivity index (χ2v) is 6.62. The molecule has 1 saturated heterocycles. The first-order chi connectivity index (χ1) is 12.6. The molecule has 0 aliphatic carbocycles. The molecule has 1 aromatic carbocycles. The van der Waals surface area contributed by atoms with Crippen LogP contribution in [0.5, 0.6) is 5.75 Å². The Kier molecular flexibility index (Phi) is 5.69. The summed E-state index contributed by atoms with van der Waals surface area (Å²) in [6.07, 6.45) is 0. The van der Waals surface area contributed by atoms with Gasteiger partial charge in [0.25, 0.3) is 11.8 Å². The zero-order valence-electron chi connectivity index (χ0n) is 14.6. The van der Waals surface area contributed by atoms with Crippen LogP contribution >= 0.6 is 11.3 Å². The summed E-state index contributed by atoms with van der Waals surface area (Å²) in [7, 11) is 1.55. The van der Waals surface area contributed by atoms with Gasteiger partial charge in [-0.05, 0) is 31.2 Å². The number of methoxy groups -OCH3 is 1. The number of nitrogens with zero attached hydrogens (tertiary/aromatic N) is 2. The number of morpholine rings is 1. The van der Waals surface area contributed by atoms with Crippen molar-refractivity contribution in [2.45, 2.75) is 6.92 Å². The minimum absolute atomic E-state index is 0.388. The molecule has 2 aromatic rings. The van der Waals surface area contributed by atoms with E-state index in [0.29, 0.717) is 35.1 Å². The van der Waals surface area contributed by atoms with Crippen LogP contribution in [-0.4, -0.2) is 50.2 Å². The average Bonchev–Trinajstić information content (AvgIpc) is 3.08. The number of carbonyl (C=O) groups excluding carboxylic acids is 2. The summed E-state index contributed by atoms with van der Waals surface area (Å²) in [5.41, 5.74) is 5.91. The van der Waals surface area contributed by atoms with Gasteiger partial charge in [0.1, 0.15) is 10.6 Å². The van der Waals surface area contributed by atoms with E-state index < -0.39 is 5.91 Å². The van der Waals surface area contributed by atoms with E-state index in [-0.39, 0.29) is 5.91 Å². The Bertz CT molecular complexity index is 785. The molecular weight excluding hydrogens is 356 g/mol. The Balaban J connectivity index is 1.60. The average molecular weight is 376 g/mol. The summed E-state index contributed by atoms with van der Waals surface area (Å²) < 4.78 is 10.4. The van der Waals surface area contributed by atoms with Gasteiger partial charge in [0.15, 0.2) is 5.13 Å². The summed E-state index contributed by atoms with van der Waals surface area (Å²) >= 11 is 1.31. The van der Waals surface area contributed by atoms with Gasteiger partial charge in [-0.2, -0.15) is 0 Å². The van der Waals surface area contributed by atoms with E-state index in [9.17, 15) is 9.59 Å². The zero-order valence-corrected chi connectivity index (χ0v) is 15.4. The van der Waals surface area contributed by atoms with Crippen LogP contribution in [-0.2, 0) is 4.74 Å². The van der Waals surface area contributed by atoms with Crippen LogP contribution in [0.25, 0.3) is 0 Å². The number of aromatic nitrogens is 1. The molecule has 0 spiro atoms. The summed E-state index contributed by atoms with van der Waals surface area (Å²) in [6, 6.07) is 6.60. The Morgan fingerprint density at radius 1 is 1.15 bits per heavy atom. The molecule has 0 saturated carbocycles. The number of hydrazine groups is 1. The summed E-state index contributed by atoms with van der Waals surface area (Å²) in [5.74, 6) is -0.139. The number of thiazole rings is 1. The first-order valence-corrected chi connectivity index (χ1v) is 8.95. The van der Waals surface area contributed by atoms with Crippen LogP contribution < -0.4 is 20.5 Å². The first kappa shape index (κ1) is 18.2. The molecule has 0 radical (unpaired) electrons. The summed E-state index contributed by atoms with van der Waals surface area (Å²) in [4.78, 5) is 31.5. The second-order valence-electron chi connectivity index (χ2n) is 5.65. The Morgan fingerprint density at radius 3 is 2.46 bits per heavy atom. The third-order valence-corrected chi connectivity index (χ3v) is 5.13. The number of anilines is 1. The van der Waals surface area contributed by atoms with E-state index in [0.717, 1.165) is 18.2 Å². The van der Waals surface area contributed by atoms with E-state index in [2.05, 4.69) is 20.7 Å². The highest BCUT2D eigenvalue weighted by atomic mass is 32.1. The van der Waals surface area contributed by atoms with Crippen molar-refractivity contribution in [3.63, 3.8) is 0 Å². The van der Waals surface area contributed by atoms with Crippen LogP contribution in [0.3, 0.4) is 0 Å². The van der Waals surface area contributed by atoms with E-state index in [1.54, 1.807) is 38.3 Å². The standard InChI is InChI=1S/C17H20N4O4S/c1-11-14(26-17(18-11)21-7-9-25-10-8-21)16(23)20-19-15(22)12-3-5-13(24-2)6-4-12/h3-6H,7-10H2,1-2H3,(H,19,22)(H,20,23). The Labute approximate surface area is 155 Å². The van der Waals surface area contributed by atoms with Gasteiger partial charge in [0.2, 0.25) is 0 Å². The summed E-state index contributed by atoms with van der Waals surface area (Å²) in [6.45, 7) is 4.58. The number of hydrogen-bond donors (Lipinski definition) is 2. The molecule has 8 nitrogen and oxygen atoms in total. The minimum atomic E-state index is -0.406. The highest BCUT2D eigenvalue weighted by Gasteiger charge is 2.20. The molecule has 1 aromatic heterocycles. The third-order valence-electron chi connectivity index (χ3n) is 3.91. The molecule has 0 unspecified atom stereocenters. The van der Waals surface area contributed by atoms with E-state index in [1.165, 1.54) is 11.3 Å². The van der Waals surface area contributed by atoms with Gasteiger partial charge in [-0.25, -0.2) is 4.98 Å². The first-order valence-electron chi connectivity index (χ1n) is 8.13. The van der Waals surface area contributed by atoms with Gasteiger partial charge in [-0.3, -0.25) is 20.4 Å². The van der Waals surface area contributed by atoms with Crippen LogP contribution in [0.4, 0.5) is 5.13 Å². The second kappa shape index (κ2) is 8.15. The van der Waals surface area contributed by atoms with Crippen LogP contribution in [0.15, 0.2) is 24.3 Å². The number of amides is 2. The lowest BCUT2D eigenvalue weighted by atomic mass is 10.2. The predicted molar refractivity (Wildman–Crippen MR) is 97.8 cm³/mol. The number of aryl methyl sites for hydroxylation is 1. The van der Waals surface area contributed by atoms with Crippen molar-refractivity contribution in [1.29, 1.82) is 0 Å². The van der Waals surface area contributed by atoms with Gasteiger partial charge in [0, 0.05) is 18.7 Å². The number of carbonyl (C=O) groups is 2. The number of hydrogen-bond acceptors (Lipinski definition) is 7. The molecule has 2 N–H and O–H groups in total. The minimum Gasteiger partial charge on any atom is -0.497 e. The van der Waals surface area contributed by atoms with E-state index in [4.69, 9.17) is 9.47 Å². The molecule has 3 rings (SSSR count). The lowest BCUT2D eigenvalue weighted by Crippen LogP contribution is -2.41. The van der Waals surface area contributed by atoms with Gasteiger partial charge >= 0.3 is 0 Å². The van der Waals surface area contributed by atoms with Crippen molar-refractivity contribution in [2.75, 3.05) is 38.3 Å². The maximum atomic E-state index is 12.4. The van der Waals surface area contributed by atoms with Crippen LogP contribution in [0, 0.1) is 6.92 Å². The molecule has 2 heterocycles. The number of nitrogens with one attached hydrogen (secondary N) is 2. The van der Waals surface area contributed by atoms with Crippen molar-refractivity contribution in [3.05, 3.63) is 40.4 Å². The highest BCUT2D eigenvalue weighted by molar-refractivity contribution is 7.17. The smallest absolute Gasteiger partial charge is 0.281 e. The molecule has 0 atom stereocenters. The molecule has 9 heteroatoms. The van der Waals surface area contributed by atoms with Crippen molar-refractivity contribution in [2.24, 2.45) is 0 Å². The van der Waals surface area contributed by atoms with Crippen LogP contribution in [0.1, 0.15) is 25.7 Å². The number of ether oxygens (including phenoxy) is 2. The number of benzene rings is 1. The fourth-order valence-corrected chi connectivity index (χ4v) is 3.48. The molecule has 0 bridgehead atoms. The fraction of sp³-hybridized carbons (Fsp3) is 0.353. The maximum Gasteiger partial charge on any atom is 0.281 e. The topological polar surface area (TPSA) is 92.8 Å².